The largest absolute Gasteiger partial charge is 0.463 e. The molecule has 1 N–H and O–H groups in total. The lowest BCUT2D eigenvalue weighted by Crippen LogP contribution is -2.49. The highest BCUT2D eigenvalue weighted by Gasteiger charge is 2.24. The molecule has 0 aliphatic carbocycles. The van der Waals surface area contributed by atoms with Crippen molar-refractivity contribution in [2.45, 2.75) is 20.3 Å². The van der Waals surface area contributed by atoms with Crippen molar-refractivity contribution in [2.24, 2.45) is 0 Å². The first-order valence-electron chi connectivity index (χ1n) is 11.7. The number of nitrogens with zero attached hydrogens (tertiary/aromatic N) is 2. The predicted molar refractivity (Wildman–Crippen MR) is 131 cm³/mol. The summed E-state index contributed by atoms with van der Waals surface area (Å²) >= 11 is 0. The van der Waals surface area contributed by atoms with Crippen molar-refractivity contribution < 1.29 is 23.1 Å². The van der Waals surface area contributed by atoms with Crippen molar-refractivity contribution in [2.75, 3.05) is 39.3 Å². The zero-order valence-electron chi connectivity index (χ0n) is 19.8. The standard InChI is InChI=1S/C27H27FN2O5/c1-16-20-13-22-23(18-3-5-19(28)6-4-18)15-34-25(22)17(2)26(20)35-27(33)21(16)14-24(32)30-9-7-29(8-10-30)11-12-31/h3-6,13,15,31H,7-12,14H2,1-2H3. The molecule has 1 fully saturated rings. The van der Waals surface area contributed by atoms with E-state index >= 15 is 0 Å². The summed E-state index contributed by atoms with van der Waals surface area (Å²) in [7, 11) is 0. The maximum Gasteiger partial charge on any atom is 0.340 e. The van der Waals surface area contributed by atoms with Crippen molar-refractivity contribution in [1.29, 1.82) is 0 Å². The molecule has 5 rings (SSSR count). The van der Waals surface area contributed by atoms with Crippen LogP contribution in [-0.4, -0.2) is 60.1 Å². The summed E-state index contributed by atoms with van der Waals surface area (Å²) < 4.78 is 25.0. The molecule has 182 valence electrons. The van der Waals surface area contributed by atoms with E-state index in [-0.39, 0.29) is 24.8 Å². The third-order valence-electron chi connectivity index (χ3n) is 6.97. The summed E-state index contributed by atoms with van der Waals surface area (Å²) in [5.74, 6) is -0.429. The van der Waals surface area contributed by atoms with Gasteiger partial charge in [-0.25, -0.2) is 9.18 Å². The molecular formula is C27H27FN2O5. The molecule has 0 saturated carbocycles. The molecule has 0 atom stereocenters. The van der Waals surface area contributed by atoms with Gasteiger partial charge < -0.3 is 18.8 Å². The van der Waals surface area contributed by atoms with E-state index in [2.05, 4.69) is 4.90 Å². The maximum atomic E-state index is 13.4. The lowest BCUT2D eigenvalue weighted by molar-refractivity contribution is -0.132. The van der Waals surface area contributed by atoms with Gasteiger partial charge in [0, 0.05) is 54.6 Å². The highest BCUT2D eigenvalue weighted by atomic mass is 19.1. The van der Waals surface area contributed by atoms with E-state index in [0.717, 1.165) is 21.9 Å². The Morgan fingerprint density at radius 1 is 1.03 bits per heavy atom. The number of fused-ring (bicyclic) bond motifs is 2. The number of carbonyl (C=O) groups excluding carboxylic acids is 1. The number of β-amino-alcohol motifs (C(OH)–C–C–N with tert-alkyl or cyclic N) is 1. The van der Waals surface area contributed by atoms with Gasteiger partial charge in [-0.2, -0.15) is 0 Å². The van der Waals surface area contributed by atoms with Crippen LogP contribution in [0.4, 0.5) is 4.39 Å². The third-order valence-corrected chi connectivity index (χ3v) is 6.97. The van der Waals surface area contributed by atoms with Gasteiger partial charge in [-0.05, 0) is 43.2 Å². The summed E-state index contributed by atoms with van der Waals surface area (Å²) in [6.07, 6.45) is 1.59. The molecule has 2 aromatic carbocycles. The number of benzene rings is 2. The number of furan rings is 1. The smallest absolute Gasteiger partial charge is 0.340 e. The Bertz CT molecular complexity index is 1460. The molecule has 1 aliphatic heterocycles. The van der Waals surface area contributed by atoms with Gasteiger partial charge in [-0.3, -0.25) is 9.69 Å². The number of carbonyl (C=O) groups is 1. The lowest BCUT2D eigenvalue weighted by Gasteiger charge is -2.34. The fraction of sp³-hybridized carbons (Fsp3) is 0.333. The topological polar surface area (TPSA) is 87.1 Å². The highest BCUT2D eigenvalue weighted by Crippen LogP contribution is 2.37. The van der Waals surface area contributed by atoms with Crippen molar-refractivity contribution in [3.05, 3.63) is 69.5 Å². The Balaban J connectivity index is 1.52. The van der Waals surface area contributed by atoms with Crippen molar-refractivity contribution >= 4 is 27.8 Å². The van der Waals surface area contributed by atoms with E-state index in [1.54, 1.807) is 23.3 Å². The van der Waals surface area contributed by atoms with Gasteiger partial charge in [-0.1, -0.05) is 12.1 Å². The number of aliphatic hydroxyl groups excluding tert-OH is 1. The number of hydrogen-bond donors (Lipinski definition) is 1. The van der Waals surface area contributed by atoms with E-state index in [4.69, 9.17) is 13.9 Å². The van der Waals surface area contributed by atoms with Crippen LogP contribution in [0.2, 0.25) is 0 Å². The van der Waals surface area contributed by atoms with Crippen LogP contribution in [0.5, 0.6) is 0 Å². The lowest BCUT2D eigenvalue weighted by atomic mass is 9.97. The SMILES string of the molecule is Cc1c(CC(=O)N2CCN(CCO)CC2)c(=O)oc2c(C)c3occ(-c4ccc(F)cc4)c3cc12. The normalized spacial score (nSPS) is 14.8. The van der Waals surface area contributed by atoms with Gasteiger partial charge in [0.05, 0.1) is 24.9 Å². The van der Waals surface area contributed by atoms with Gasteiger partial charge in [-0.15, -0.1) is 0 Å². The Labute approximate surface area is 201 Å². The summed E-state index contributed by atoms with van der Waals surface area (Å²) in [4.78, 5) is 29.8. The molecule has 7 nitrogen and oxygen atoms in total. The Morgan fingerprint density at radius 3 is 2.43 bits per heavy atom. The summed E-state index contributed by atoms with van der Waals surface area (Å²) in [5, 5.41) is 10.7. The molecular weight excluding hydrogens is 451 g/mol. The number of hydrogen-bond acceptors (Lipinski definition) is 6. The molecule has 1 saturated heterocycles. The minimum atomic E-state index is -0.518. The highest BCUT2D eigenvalue weighted by molar-refractivity contribution is 6.05. The van der Waals surface area contributed by atoms with E-state index in [1.807, 2.05) is 19.9 Å². The number of halogens is 1. The number of rotatable bonds is 5. The van der Waals surface area contributed by atoms with Crippen LogP contribution >= 0.6 is 0 Å². The van der Waals surface area contributed by atoms with Crippen LogP contribution < -0.4 is 5.63 Å². The summed E-state index contributed by atoms with van der Waals surface area (Å²) in [5.41, 5.74) is 3.91. The third kappa shape index (κ3) is 4.24. The molecule has 0 spiro atoms. The van der Waals surface area contributed by atoms with Gasteiger partial charge in [0.15, 0.2) is 0 Å². The first-order chi connectivity index (χ1) is 16.9. The second-order valence-electron chi connectivity index (χ2n) is 9.03. The zero-order chi connectivity index (χ0) is 24.7. The first kappa shape index (κ1) is 23.3. The molecule has 4 aromatic rings. The summed E-state index contributed by atoms with van der Waals surface area (Å²) in [6.45, 7) is 6.88. The second kappa shape index (κ2) is 9.28. The fourth-order valence-corrected chi connectivity index (χ4v) is 4.88. The Hall–Kier alpha value is -3.49. The minimum absolute atomic E-state index is 0.0304. The molecule has 0 bridgehead atoms. The molecule has 1 amide bonds. The van der Waals surface area contributed by atoms with E-state index in [9.17, 15) is 14.0 Å². The van der Waals surface area contributed by atoms with Crippen LogP contribution in [0.1, 0.15) is 16.7 Å². The van der Waals surface area contributed by atoms with Gasteiger partial charge in [0.25, 0.3) is 0 Å². The van der Waals surface area contributed by atoms with Crippen molar-refractivity contribution in [3.8, 4) is 11.1 Å². The van der Waals surface area contributed by atoms with Gasteiger partial charge in [0.1, 0.15) is 17.0 Å². The fourth-order valence-electron chi connectivity index (χ4n) is 4.88. The number of piperazine rings is 1. The minimum Gasteiger partial charge on any atom is -0.463 e. The number of aryl methyl sites for hydroxylation is 2. The molecule has 2 aromatic heterocycles. The monoisotopic (exact) mass is 478 g/mol. The zero-order valence-corrected chi connectivity index (χ0v) is 19.8. The van der Waals surface area contributed by atoms with Crippen molar-refractivity contribution in [3.63, 3.8) is 0 Å². The molecule has 0 radical (unpaired) electrons. The average Bonchev–Trinajstić information content (AvgIpc) is 3.28. The van der Waals surface area contributed by atoms with Gasteiger partial charge >= 0.3 is 5.63 Å². The number of aliphatic hydroxyl groups is 1. The Morgan fingerprint density at radius 2 is 1.74 bits per heavy atom. The Kier molecular flexibility index (Phi) is 6.17. The quantitative estimate of drug-likeness (QED) is 0.441. The molecule has 1 aliphatic rings. The van der Waals surface area contributed by atoms with Crippen LogP contribution in [0.3, 0.4) is 0 Å². The first-order valence-corrected chi connectivity index (χ1v) is 11.7. The van der Waals surface area contributed by atoms with Crippen molar-refractivity contribution in [1.82, 2.24) is 9.80 Å². The van der Waals surface area contributed by atoms with Crippen LogP contribution in [0.15, 0.2) is 50.2 Å². The molecule has 3 heterocycles. The van der Waals surface area contributed by atoms with E-state index in [1.165, 1.54) is 12.1 Å². The van der Waals surface area contributed by atoms with E-state index in [0.29, 0.717) is 60.6 Å². The average molecular weight is 479 g/mol. The maximum absolute atomic E-state index is 13.4. The van der Waals surface area contributed by atoms with E-state index < -0.39 is 5.63 Å². The van der Waals surface area contributed by atoms with Crippen LogP contribution in [0, 0.1) is 19.7 Å². The van der Waals surface area contributed by atoms with Crippen LogP contribution in [-0.2, 0) is 11.2 Å². The predicted octanol–water partition coefficient (Wildman–Crippen LogP) is 3.64. The second-order valence-corrected chi connectivity index (χ2v) is 9.03. The van der Waals surface area contributed by atoms with Gasteiger partial charge in [0.2, 0.25) is 5.91 Å². The number of amides is 1. The van der Waals surface area contributed by atoms with Crippen LogP contribution in [0.25, 0.3) is 33.1 Å². The molecule has 8 heteroatoms. The summed E-state index contributed by atoms with van der Waals surface area (Å²) in [6, 6.07) is 8.11. The molecule has 35 heavy (non-hydrogen) atoms. The molecule has 0 unspecified atom stereocenters.